The minimum Gasteiger partial charge on any atom is -0.497 e. The number of ether oxygens (including phenoxy) is 1. The van der Waals surface area contributed by atoms with Crippen LogP contribution in [-0.2, 0) is 11.2 Å². The molecule has 0 unspecified atom stereocenters. The third-order valence-electron chi connectivity index (χ3n) is 4.96. The van der Waals surface area contributed by atoms with Gasteiger partial charge in [-0.15, -0.1) is 10.2 Å². The van der Waals surface area contributed by atoms with E-state index in [1.54, 1.807) is 7.11 Å². The minimum absolute atomic E-state index is 0.157. The summed E-state index contributed by atoms with van der Waals surface area (Å²) in [5.41, 5.74) is 1.07. The van der Waals surface area contributed by atoms with Crippen LogP contribution in [0.3, 0.4) is 0 Å². The van der Waals surface area contributed by atoms with Crippen molar-refractivity contribution in [1.82, 2.24) is 15.1 Å². The molecule has 27 heavy (non-hydrogen) atoms. The Morgan fingerprint density at radius 1 is 1.22 bits per heavy atom. The molecule has 1 amide bonds. The van der Waals surface area contributed by atoms with E-state index >= 15 is 0 Å². The molecular formula is C20H27N3O3S. The normalized spacial score (nSPS) is 14.9. The van der Waals surface area contributed by atoms with Crippen LogP contribution in [0.4, 0.5) is 0 Å². The van der Waals surface area contributed by atoms with Crippen LogP contribution in [0, 0.1) is 0 Å². The summed E-state index contributed by atoms with van der Waals surface area (Å²) < 4.78 is 10.9. The van der Waals surface area contributed by atoms with Crippen molar-refractivity contribution < 1.29 is 13.9 Å². The molecule has 0 aliphatic heterocycles. The second-order valence-electron chi connectivity index (χ2n) is 6.75. The van der Waals surface area contributed by atoms with Gasteiger partial charge in [0.25, 0.3) is 5.22 Å². The Balaban J connectivity index is 1.51. The number of thioether (sulfide) groups is 1. The highest BCUT2D eigenvalue weighted by Crippen LogP contribution is 2.24. The summed E-state index contributed by atoms with van der Waals surface area (Å²) in [6, 6.07) is 8.16. The molecule has 0 radical (unpaired) electrons. The van der Waals surface area contributed by atoms with Crippen molar-refractivity contribution in [2.75, 3.05) is 19.4 Å². The number of hydrogen-bond acceptors (Lipinski definition) is 6. The molecular weight excluding hydrogens is 362 g/mol. The van der Waals surface area contributed by atoms with E-state index in [2.05, 4.69) is 17.1 Å². The molecule has 1 fully saturated rings. The number of nitrogens with zero attached hydrogens (tertiary/aromatic N) is 3. The number of amides is 1. The van der Waals surface area contributed by atoms with Gasteiger partial charge >= 0.3 is 0 Å². The fourth-order valence-electron chi connectivity index (χ4n) is 3.52. The van der Waals surface area contributed by atoms with Crippen molar-refractivity contribution in [3.05, 3.63) is 35.7 Å². The average Bonchev–Trinajstić information content (AvgIpc) is 3.16. The summed E-state index contributed by atoms with van der Waals surface area (Å²) in [5, 5.41) is 8.61. The van der Waals surface area contributed by atoms with Crippen LogP contribution in [-0.4, -0.2) is 46.5 Å². The first-order valence-corrected chi connectivity index (χ1v) is 10.6. The van der Waals surface area contributed by atoms with Gasteiger partial charge in [0, 0.05) is 12.6 Å². The smallest absolute Gasteiger partial charge is 0.277 e. The van der Waals surface area contributed by atoms with Gasteiger partial charge in [0.1, 0.15) is 5.75 Å². The molecule has 0 atom stereocenters. The Labute approximate surface area is 164 Å². The topological polar surface area (TPSA) is 68.5 Å². The van der Waals surface area contributed by atoms with Gasteiger partial charge in [0.05, 0.1) is 19.3 Å². The first-order chi connectivity index (χ1) is 13.2. The summed E-state index contributed by atoms with van der Waals surface area (Å²) in [6.07, 6.45) is 6.54. The van der Waals surface area contributed by atoms with Crippen LogP contribution in [0.25, 0.3) is 0 Å². The van der Waals surface area contributed by atoms with Gasteiger partial charge < -0.3 is 14.1 Å². The number of carbonyl (C=O) groups is 1. The molecule has 6 nitrogen and oxygen atoms in total. The highest BCUT2D eigenvalue weighted by Gasteiger charge is 2.24. The average molecular weight is 390 g/mol. The highest BCUT2D eigenvalue weighted by molar-refractivity contribution is 7.99. The number of carbonyl (C=O) groups excluding carboxylic acids is 1. The predicted octanol–water partition coefficient (Wildman–Crippen LogP) is 3.94. The van der Waals surface area contributed by atoms with Gasteiger partial charge in [-0.25, -0.2) is 0 Å². The van der Waals surface area contributed by atoms with Gasteiger partial charge in [-0.05, 0) is 37.5 Å². The molecule has 0 bridgehead atoms. The Kier molecular flexibility index (Phi) is 7.15. The second-order valence-corrected chi connectivity index (χ2v) is 7.67. The number of aromatic nitrogens is 2. The maximum Gasteiger partial charge on any atom is 0.277 e. The zero-order chi connectivity index (χ0) is 19.1. The first-order valence-electron chi connectivity index (χ1n) is 9.57. The lowest BCUT2D eigenvalue weighted by Gasteiger charge is -2.33. The van der Waals surface area contributed by atoms with Crippen LogP contribution in [0.15, 0.2) is 33.9 Å². The molecule has 0 saturated heterocycles. The molecule has 0 spiro atoms. The number of benzene rings is 1. The maximum absolute atomic E-state index is 12.6. The van der Waals surface area contributed by atoms with Gasteiger partial charge in [-0.3, -0.25) is 4.79 Å². The van der Waals surface area contributed by atoms with Crippen LogP contribution in [0.5, 0.6) is 5.75 Å². The number of methoxy groups -OCH3 is 1. The Hall–Kier alpha value is -2.02. The lowest BCUT2D eigenvalue weighted by molar-refractivity contribution is -0.131. The SMILES string of the molecule is CCN(C(=O)CSc1nnc(Cc2ccc(OC)cc2)o1)C1CCCCC1. The molecule has 1 aromatic heterocycles. The van der Waals surface area contributed by atoms with Crippen LogP contribution >= 0.6 is 11.8 Å². The molecule has 1 aromatic carbocycles. The Bertz CT molecular complexity index is 726. The summed E-state index contributed by atoms with van der Waals surface area (Å²) in [5.74, 6) is 1.87. The van der Waals surface area contributed by atoms with Crippen LogP contribution in [0.1, 0.15) is 50.5 Å². The van der Waals surface area contributed by atoms with Crippen molar-refractivity contribution in [1.29, 1.82) is 0 Å². The largest absolute Gasteiger partial charge is 0.497 e. The Morgan fingerprint density at radius 2 is 1.96 bits per heavy atom. The van der Waals surface area contributed by atoms with E-state index in [0.717, 1.165) is 30.7 Å². The molecule has 1 aliphatic carbocycles. The van der Waals surface area contributed by atoms with E-state index in [1.165, 1.54) is 31.0 Å². The van der Waals surface area contributed by atoms with Crippen molar-refractivity contribution >= 4 is 17.7 Å². The third-order valence-corrected chi connectivity index (χ3v) is 5.76. The lowest BCUT2D eigenvalue weighted by atomic mass is 9.94. The Morgan fingerprint density at radius 3 is 2.63 bits per heavy atom. The maximum atomic E-state index is 12.6. The van der Waals surface area contributed by atoms with Crippen molar-refractivity contribution in [3.8, 4) is 5.75 Å². The third kappa shape index (κ3) is 5.48. The number of hydrogen-bond donors (Lipinski definition) is 0. The van der Waals surface area contributed by atoms with E-state index in [-0.39, 0.29) is 5.91 Å². The first kappa shape index (κ1) is 19.7. The number of rotatable bonds is 8. The standard InChI is InChI=1S/C20H27N3O3S/c1-3-23(16-7-5-4-6-8-16)19(24)14-27-20-22-21-18(26-20)13-15-9-11-17(25-2)12-10-15/h9-12,16H,3-8,13-14H2,1-2H3. The summed E-state index contributed by atoms with van der Waals surface area (Å²) >= 11 is 1.32. The lowest BCUT2D eigenvalue weighted by Crippen LogP contribution is -2.42. The van der Waals surface area contributed by atoms with E-state index in [4.69, 9.17) is 9.15 Å². The quantitative estimate of drug-likeness (QED) is 0.637. The second kappa shape index (κ2) is 9.78. The van der Waals surface area contributed by atoms with E-state index in [1.807, 2.05) is 29.2 Å². The van der Waals surface area contributed by atoms with E-state index in [0.29, 0.717) is 29.3 Å². The summed E-state index contributed by atoms with van der Waals surface area (Å²) in [7, 11) is 1.64. The monoisotopic (exact) mass is 389 g/mol. The van der Waals surface area contributed by atoms with Crippen molar-refractivity contribution in [3.63, 3.8) is 0 Å². The van der Waals surface area contributed by atoms with Crippen LogP contribution in [0.2, 0.25) is 0 Å². The molecule has 1 saturated carbocycles. The fraction of sp³-hybridized carbons (Fsp3) is 0.550. The van der Waals surface area contributed by atoms with Gasteiger partial charge in [0.2, 0.25) is 11.8 Å². The molecule has 3 rings (SSSR count). The van der Waals surface area contributed by atoms with Gasteiger partial charge in [-0.2, -0.15) is 0 Å². The van der Waals surface area contributed by atoms with E-state index < -0.39 is 0 Å². The molecule has 2 aromatic rings. The van der Waals surface area contributed by atoms with E-state index in [9.17, 15) is 4.79 Å². The van der Waals surface area contributed by atoms with Crippen LogP contribution < -0.4 is 4.74 Å². The summed E-state index contributed by atoms with van der Waals surface area (Å²) in [6.45, 7) is 2.81. The zero-order valence-corrected chi connectivity index (χ0v) is 16.8. The molecule has 1 aliphatic rings. The molecule has 1 heterocycles. The fourth-order valence-corrected chi connectivity index (χ4v) is 4.19. The summed E-state index contributed by atoms with van der Waals surface area (Å²) in [4.78, 5) is 14.6. The van der Waals surface area contributed by atoms with Crippen molar-refractivity contribution in [2.24, 2.45) is 0 Å². The highest BCUT2D eigenvalue weighted by atomic mass is 32.2. The predicted molar refractivity (Wildman–Crippen MR) is 105 cm³/mol. The molecule has 7 heteroatoms. The van der Waals surface area contributed by atoms with Gasteiger partial charge in [-0.1, -0.05) is 43.2 Å². The molecule has 146 valence electrons. The molecule has 0 N–H and O–H groups in total. The zero-order valence-electron chi connectivity index (χ0n) is 16.0. The minimum atomic E-state index is 0.157. The van der Waals surface area contributed by atoms with Crippen molar-refractivity contribution in [2.45, 2.75) is 56.7 Å². The van der Waals surface area contributed by atoms with Gasteiger partial charge in [0.15, 0.2) is 0 Å².